The zero-order valence-electron chi connectivity index (χ0n) is 9.55. The molecular formula is C13H16N2O. The monoisotopic (exact) mass is 216 g/mol. The van der Waals surface area contributed by atoms with Gasteiger partial charge in [-0.05, 0) is 13.0 Å². The van der Waals surface area contributed by atoms with E-state index in [-0.39, 0.29) is 11.5 Å². The molecule has 3 nitrogen and oxygen atoms in total. The van der Waals surface area contributed by atoms with Gasteiger partial charge in [-0.1, -0.05) is 24.3 Å². The maximum atomic E-state index is 6.12. The Hall–Kier alpha value is -1.61. The van der Waals surface area contributed by atoms with Gasteiger partial charge in [0.15, 0.2) is 0 Å². The minimum atomic E-state index is -0.261. The highest BCUT2D eigenvalue weighted by molar-refractivity contribution is 5.37. The lowest BCUT2D eigenvalue weighted by Gasteiger charge is -2.32. The molecule has 1 aliphatic rings. The van der Waals surface area contributed by atoms with E-state index in [1.807, 2.05) is 30.4 Å². The molecule has 16 heavy (non-hydrogen) atoms. The summed E-state index contributed by atoms with van der Waals surface area (Å²) in [6.45, 7) is 2.08. The van der Waals surface area contributed by atoms with Crippen LogP contribution in [0.2, 0.25) is 0 Å². The van der Waals surface area contributed by atoms with E-state index < -0.39 is 0 Å². The van der Waals surface area contributed by atoms with Crippen molar-refractivity contribution in [2.24, 2.45) is 5.73 Å². The molecule has 0 radical (unpaired) electrons. The Kier molecular flexibility index (Phi) is 2.79. The molecule has 84 valence electrons. The average Bonchev–Trinajstić information content (AvgIpc) is 2.33. The Bertz CT molecular complexity index is 439. The van der Waals surface area contributed by atoms with Gasteiger partial charge < -0.3 is 10.5 Å². The van der Waals surface area contributed by atoms with Crippen molar-refractivity contribution in [3.05, 3.63) is 48.3 Å². The fraction of sp³-hybridized carbons (Fsp3) is 0.308. The van der Waals surface area contributed by atoms with E-state index in [1.165, 1.54) is 0 Å². The van der Waals surface area contributed by atoms with Gasteiger partial charge in [0.2, 0.25) is 0 Å². The molecule has 2 atom stereocenters. The molecule has 1 aromatic heterocycles. The second-order valence-corrected chi connectivity index (χ2v) is 4.13. The molecule has 3 heteroatoms. The van der Waals surface area contributed by atoms with Crippen LogP contribution in [0, 0.1) is 0 Å². The maximum Gasteiger partial charge on any atom is 0.122 e. The molecule has 0 spiro atoms. The average molecular weight is 216 g/mol. The molecule has 0 saturated heterocycles. The lowest BCUT2D eigenvalue weighted by Crippen LogP contribution is -2.41. The van der Waals surface area contributed by atoms with Crippen molar-refractivity contribution in [3.63, 3.8) is 0 Å². The second kappa shape index (κ2) is 4.10. The third-order valence-corrected chi connectivity index (χ3v) is 3.08. The third-order valence-electron chi connectivity index (χ3n) is 3.08. The smallest absolute Gasteiger partial charge is 0.122 e. The lowest BCUT2D eigenvalue weighted by molar-refractivity contribution is 0.410. The number of methoxy groups -OCH3 is 1. The number of rotatable bonds is 2. The summed E-state index contributed by atoms with van der Waals surface area (Å²) in [6, 6.07) is 3.71. The van der Waals surface area contributed by atoms with Crippen molar-refractivity contribution in [1.29, 1.82) is 0 Å². The molecular weight excluding hydrogens is 200 g/mol. The Labute approximate surface area is 95.6 Å². The Morgan fingerprint density at radius 3 is 2.94 bits per heavy atom. The van der Waals surface area contributed by atoms with Crippen molar-refractivity contribution in [2.45, 2.75) is 18.4 Å². The van der Waals surface area contributed by atoms with E-state index in [0.29, 0.717) is 0 Å². The summed E-state index contributed by atoms with van der Waals surface area (Å²) in [5.41, 5.74) is 6.79. The van der Waals surface area contributed by atoms with E-state index in [4.69, 9.17) is 10.5 Å². The van der Waals surface area contributed by atoms with Crippen LogP contribution in [0.1, 0.15) is 12.6 Å². The van der Waals surface area contributed by atoms with E-state index in [2.05, 4.69) is 18.0 Å². The fourth-order valence-electron chi connectivity index (χ4n) is 1.84. The molecule has 2 N–H and O–H groups in total. The van der Waals surface area contributed by atoms with Crippen molar-refractivity contribution < 1.29 is 4.74 Å². The highest BCUT2D eigenvalue weighted by atomic mass is 16.5. The number of aromatic nitrogens is 1. The van der Waals surface area contributed by atoms with Crippen LogP contribution in [0.25, 0.3) is 0 Å². The van der Waals surface area contributed by atoms with Crippen LogP contribution in [-0.2, 0) is 5.41 Å². The number of nitrogens with two attached hydrogens (primary N) is 1. The molecule has 1 aliphatic carbocycles. The van der Waals surface area contributed by atoms with Crippen LogP contribution in [0.3, 0.4) is 0 Å². The summed E-state index contributed by atoms with van der Waals surface area (Å²) < 4.78 is 5.20. The third kappa shape index (κ3) is 1.74. The van der Waals surface area contributed by atoms with Gasteiger partial charge in [0.1, 0.15) is 5.75 Å². The molecule has 0 bridgehead atoms. The van der Waals surface area contributed by atoms with Crippen molar-refractivity contribution in [2.75, 3.05) is 7.11 Å². The molecule has 1 aromatic rings. The topological polar surface area (TPSA) is 48.1 Å². The number of allylic oxidation sites excluding steroid dienone is 2. The first kappa shape index (κ1) is 10.9. The molecule has 2 rings (SSSR count). The first-order valence-corrected chi connectivity index (χ1v) is 5.29. The summed E-state index contributed by atoms with van der Waals surface area (Å²) in [4.78, 5) is 4.39. The lowest BCUT2D eigenvalue weighted by atomic mass is 9.76. The molecule has 0 aromatic carbocycles. The normalized spacial score (nSPS) is 28.1. The number of hydrogen-bond donors (Lipinski definition) is 1. The Balaban J connectivity index is 2.42. The zero-order chi connectivity index (χ0) is 11.6. The summed E-state index contributed by atoms with van der Waals surface area (Å²) in [6.07, 6.45) is 9.79. The Morgan fingerprint density at radius 1 is 1.44 bits per heavy atom. The molecule has 0 aliphatic heterocycles. The summed E-state index contributed by atoms with van der Waals surface area (Å²) >= 11 is 0. The summed E-state index contributed by atoms with van der Waals surface area (Å²) in [5, 5.41) is 0. The Morgan fingerprint density at radius 2 is 2.25 bits per heavy atom. The van der Waals surface area contributed by atoms with E-state index in [9.17, 15) is 0 Å². The number of nitrogens with zero attached hydrogens (tertiary/aromatic N) is 1. The van der Waals surface area contributed by atoms with E-state index in [0.717, 1.165) is 11.4 Å². The van der Waals surface area contributed by atoms with Crippen LogP contribution >= 0.6 is 0 Å². The van der Waals surface area contributed by atoms with Gasteiger partial charge in [-0.3, -0.25) is 4.98 Å². The van der Waals surface area contributed by atoms with Gasteiger partial charge in [-0.2, -0.15) is 0 Å². The van der Waals surface area contributed by atoms with Crippen molar-refractivity contribution in [3.8, 4) is 5.75 Å². The van der Waals surface area contributed by atoms with Crippen LogP contribution in [0.4, 0.5) is 0 Å². The van der Waals surface area contributed by atoms with Crippen LogP contribution in [-0.4, -0.2) is 18.1 Å². The van der Waals surface area contributed by atoms with Crippen LogP contribution in [0.15, 0.2) is 42.6 Å². The quantitative estimate of drug-likeness (QED) is 0.820. The molecule has 2 unspecified atom stereocenters. The largest absolute Gasteiger partial charge is 0.497 e. The van der Waals surface area contributed by atoms with Crippen molar-refractivity contribution in [1.82, 2.24) is 4.98 Å². The number of ether oxygens (including phenoxy) is 1. The van der Waals surface area contributed by atoms with Crippen molar-refractivity contribution >= 4 is 0 Å². The van der Waals surface area contributed by atoms with Gasteiger partial charge in [-0.25, -0.2) is 0 Å². The van der Waals surface area contributed by atoms with Gasteiger partial charge in [0.25, 0.3) is 0 Å². The molecule has 0 amide bonds. The highest BCUT2D eigenvalue weighted by Crippen LogP contribution is 2.31. The SMILES string of the molecule is COc1ccnc(C2(C)C=CC=CC2N)c1. The van der Waals surface area contributed by atoms with Gasteiger partial charge in [-0.15, -0.1) is 0 Å². The fourth-order valence-corrected chi connectivity index (χ4v) is 1.84. The minimum absolute atomic E-state index is 0.0582. The number of pyridine rings is 1. The predicted octanol–water partition coefficient (Wildman–Crippen LogP) is 1.80. The predicted molar refractivity (Wildman–Crippen MR) is 64.4 cm³/mol. The highest BCUT2D eigenvalue weighted by Gasteiger charge is 2.32. The number of hydrogen-bond acceptors (Lipinski definition) is 3. The van der Waals surface area contributed by atoms with Gasteiger partial charge >= 0.3 is 0 Å². The molecule has 0 fully saturated rings. The van der Waals surface area contributed by atoms with Gasteiger partial charge in [0, 0.05) is 23.7 Å². The van der Waals surface area contributed by atoms with E-state index in [1.54, 1.807) is 13.3 Å². The van der Waals surface area contributed by atoms with Gasteiger partial charge in [0.05, 0.1) is 12.8 Å². The van der Waals surface area contributed by atoms with Crippen LogP contribution in [0.5, 0.6) is 5.75 Å². The maximum absolute atomic E-state index is 6.12. The molecule has 1 heterocycles. The zero-order valence-corrected chi connectivity index (χ0v) is 9.55. The minimum Gasteiger partial charge on any atom is -0.497 e. The first-order chi connectivity index (χ1) is 7.66. The summed E-state index contributed by atoms with van der Waals surface area (Å²) in [7, 11) is 1.65. The second-order valence-electron chi connectivity index (χ2n) is 4.13. The first-order valence-electron chi connectivity index (χ1n) is 5.29. The summed E-state index contributed by atoms with van der Waals surface area (Å²) in [5.74, 6) is 0.807. The van der Waals surface area contributed by atoms with E-state index >= 15 is 0 Å². The standard InChI is InChI=1S/C13H16N2O/c1-13(7-4-3-5-11(13)14)12-9-10(16-2)6-8-15-12/h3-9,11H,14H2,1-2H3. The van der Waals surface area contributed by atoms with Crippen LogP contribution < -0.4 is 10.5 Å². The molecule has 0 saturated carbocycles.